The Morgan fingerprint density at radius 1 is 1.17 bits per heavy atom. The molecule has 2 fully saturated rings. The molecule has 1 aliphatic heterocycles. The number of carbonyl (C=O) groups is 1. The van der Waals surface area contributed by atoms with Gasteiger partial charge in [-0.15, -0.1) is 0 Å². The Morgan fingerprint density at radius 3 is 2.28 bits per heavy atom. The van der Waals surface area contributed by atoms with Crippen molar-refractivity contribution in [1.82, 2.24) is 4.90 Å². The zero-order chi connectivity index (χ0) is 12.6. The average molecular weight is 245 g/mol. The van der Waals surface area contributed by atoms with E-state index in [1.807, 2.05) is 29.2 Å². The first kappa shape index (κ1) is 11.7. The second-order valence-electron chi connectivity index (χ2n) is 5.44. The van der Waals surface area contributed by atoms with Crippen LogP contribution in [0.5, 0.6) is 0 Å². The number of aliphatic hydroxyl groups excluding tert-OH is 1. The SMILES string of the molecule is O=C(N1CCCC1)C1(c2ccc(CO)cc2)CC1. The van der Waals surface area contributed by atoms with Gasteiger partial charge in [-0.05, 0) is 36.8 Å². The molecule has 1 saturated carbocycles. The second-order valence-corrected chi connectivity index (χ2v) is 5.44. The molecule has 1 saturated heterocycles. The summed E-state index contributed by atoms with van der Waals surface area (Å²) in [5, 5.41) is 9.05. The molecule has 1 aliphatic carbocycles. The van der Waals surface area contributed by atoms with E-state index in [-0.39, 0.29) is 12.0 Å². The van der Waals surface area contributed by atoms with Crippen LogP contribution in [0.3, 0.4) is 0 Å². The summed E-state index contributed by atoms with van der Waals surface area (Å²) in [4.78, 5) is 14.6. The standard InChI is InChI=1S/C15H19NO2/c17-11-12-3-5-13(6-4-12)15(7-8-15)14(18)16-9-1-2-10-16/h3-6,17H,1-2,7-11H2. The fourth-order valence-electron chi connectivity index (χ4n) is 2.90. The van der Waals surface area contributed by atoms with E-state index in [1.165, 1.54) is 0 Å². The second kappa shape index (κ2) is 4.39. The summed E-state index contributed by atoms with van der Waals surface area (Å²) in [5.41, 5.74) is 1.79. The monoisotopic (exact) mass is 245 g/mol. The molecule has 1 aromatic carbocycles. The summed E-state index contributed by atoms with van der Waals surface area (Å²) < 4.78 is 0. The lowest BCUT2D eigenvalue weighted by atomic mass is 9.93. The van der Waals surface area contributed by atoms with Gasteiger partial charge >= 0.3 is 0 Å². The molecule has 0 atom stereocenters. The number of hydrogen-bond acceptors (Lipinski definition) is 2. The first-order chi connectivity index (χ1) is 8.76. The van der Waals surface area contributed by atoms with Gasteiger partial charge in [0.1, 0.15) is 0 Å². The third-order valence-electron chi connectivity index (χ3n) is 4.24. The highest BCUT2D eigenvalue weighted by Gasteiger charge is 2.53. The van der Waals surface area contributed by atoms with Gasteiger partial charge in [-0.2, -0.15) is 0 Å². The summed E-state index contributed by atoms with van der Waals surface area (Å²) in [5.74, 6) is 0.316. The number of carbonyl (C=O) groups excluding carboxylic acids is 1. The molecular formula is C15H19NO2. The number of benzene rings is 1. The fraction of sp³-hybridized carbons (Fsp3) is 0.533. The number of amides is 1. The van der Waals surface area contributed by atoms with Gasteiger partial charge in [-0.3, -0.25) is 4.79 Å². The van der Waals surface area contributed by atoms with Crippen molar-refractivity contribution in [2.45, 2.75) is 37.7 Å². The first-order valence-electron chi connectivity index (χ1n) is 6.76. The maximum Gasteiger partial charge on any atom is 0.233 e. The van der Waals surface area contributed by atoms with E-state index in [0.29, 0.717) is 5.91 Å². The molecule has 3 heteroatoms. The number of hydrogen-bond donors (Lipinski definition) is 1. The number of rotatable bonds is 3. The molecule has 0 aromatic heterocycles. The van der Waals surface area contributed by atoms with Crippen LogP contribution in [0.2, 0.25) is 0 Å². The van der Waals surface area contributed by atoms with Gasteiger partial charge in [0.15, 0.2) is 0 Å². The largest absolute Gasteiger partial charge is 0.392 e. The van der Waals surface area contributed by atoms with Crippen LogP contribution < -0.4 is 0 Å². The quantitative estimate of drug-likeness (QED) is 0.882. The van der Waals surface area contributed by atoms with Crippen LogP contribution in [0.4, 0.5) is 0 Å². The smallest absolute Gasteiger partial charge is 0.233 e. The van der Waals surface area contributed by atoms with Gasteiger partial charge in [-0.25, -0.2) is 0 Å². The summed E-state index contributed by atoms with van der Waals surface area (Å²) in [6.07, 6.45) is 4.23. The van der Waals surface area contributed by atoms with Crippen molar-refractivity contribution in [3.8, 4) is 0 Å². The summed E-state index contributed by atoms with van der Waals surface area (Å²) in [7, 11) is 0. The lowest BCUT2D eigenvalue weighted by Crippen LogP contribution is -2.37. The fourth-order valence-corrected chi connectivity index (χ4v) is 2.90. The van der Waals surface area contributed by atoms with Crippen molar-refractivity contribution < 1.29 is 9.90 Å². The molecule has 1 aromatic rings. The highest BCUT2D eigenvalue weighted by Crippen LogP contribution is 2.50. The Morgan fingerprint density at radius 2 is 1.78 bits per heavy atom. The molecule has 0 spiro atoms. The maximum absolute atomic E-state index is 12.6. The normalized spacial score (nSPS) is 21.1. The van der Waals surface area contributed by atoms with Crippen molar-refractivity contribution in [3.05, 3.63) is 35.4 Å². The van der Waals surface area contributed by atoms with E-state index >= 15 is 0 Å². The molecule has 2 aliphatic rings. The minimum Gasteiger partial charge on any atom is -0.392 e. The number of aliphatic hydroxyl groups is 1. The van der Waals surface area contributed by atoms with Crippen LogP contribution >= 0.6 is 0 Å². The molecule has 1 heterocycles. The molecule has 0 unspecified atom stereocenters. The van der Waals surface area contributed by atoms with E-state index in [2.05, 4.69) is 0 Å². The molecule has 0 radical (unpaired) electrons. The van der Waals surface area contributed by atoms with E-state index in [4.69, 9.17) is 5.11 Å². The molecule has 3 nitrogen and oxygen atoms in total. The van der Waals surface area contributed by atoms with Crippen molar-refractivity contribution in [3.63, 3.8) is 0 Å². The minimum atomic E-state index is -0.238. The molecule has 1 amide bonds. The summed E-state index contributed by atoms with van der Waals surface area (Å²) in [6, 6.07) is 7.86. The molecule has 96 valence electrons. The van der Waals surface area contributed by atoms with Crippen LogP contribution in [-0.4, -0.2) is 29.0 Å². The molecule has 3 rings (SSSR count). The van der Waals surface area contributed by atoms with Crippen molar-refractivity contribution in [2.75, 3.05) is 13.1 Å². The molecular weight excluding hydrogens is 226 g/mol. The van der Waals surface area contributed by atoms with Gasteiger partial charge in [0.2, 0.25) is 5.91 Å². The van der Waals surface area contributed by atoms with E-state index in [9.17, 15) is 4.79 Å². The lowest BCUT2D eigenvalue weighted by molar-refractivity contribution is -0.132. The zero-order valence-electron chi connectivity index (χ0n) is 10.6. The van der Waals surface area contributed by atoms with Crippen LogP contribution in [0, 0.1) is 0 Å². The highest BCUT2D eigenvalue weighted by atomic mass is 16.3. The number of likely N-dealkylation sites (tertiary alicyclic amines) is 1. The highest BCUT2D eigenvalue weighted by molar-refractivity contribution is 5.91. The van der Waals surface area contributed by atoms with Gasteiger partial charge in [-0.1, -0.05) is 24.3 Å². The summed E-state index contributed by atoms with van der Waals surface area (Å²) in [6.45, 7) is 1.91. The predicted octanol–water partition coefficient (Wildman–Crippen LogP) is 1.83. The van der Waals surface area contributed by atoms with Gasteiger partial charge in [0, 0.05) is 13.1 Å². The third-order valence-corrected chi connectivity index (χ3v) is 4.24. The van der Waals surface area contributed by atoms with E-state index < -0.39 is 0 Å². The van der Waals surface area contributed by atoms with Crippen LogP contribution in [0.15, 0.2) is 24.3 Å². The topological polar surface area (TPSA) is 40.5 Å². The first-order valence-corrected chi connectivity index (χ1v) is 6.76. The lowest BCUT2D eigenvalue weighted by Gasteiger charge is -2.23. The minimum absolute atomic E-state index is 0.0628. The van der Waals surface area contributed by atoms with E-state index in [1.54, 1.807) is 0 Å². The Balaban J connectivity index is 1.82. The van der Waals surface area contributed by atoms with Crippen molar-refractivity contribution in [1.29, 1.82) is 0 Å². The Hall–Kier alpha value is -1.35. The Kier molecular flexibility index (Phi) is 2.86. The molecule has 0 bridgehead atoms. The van der Waals surface area contributed by atoms with Crippen LogP contribution in [-0.2, 0) is 16.8 Å². The zero-order valence-corrected chi connectivity index (χ0v) is 10.6. The van der Waals surface area contributed by atoms with Crippen LogP contribution in [0.1, 0.15) is 36.8 Å². The van der Waals surface area contributed by atoms with E-state index in [0.717, 1.165) is 49.9 Å². The van der Waals surface area contributed by atoms with Crippen molar-refractivity contribution >= 4 is 5.91 Å². The Bertz CT molecular complexity index is 442. The molecule has 18 heavy (non-hydrogen) atoms. The third kappa shape index (κ3) is 1.83. The van der Waals surface area contributed by atoms with Crippen LogP contribution in [0.25, 0.3) is 0 Å². The van der Waals surface area contributed by atoms with Crippen molar-refractivity contribution in [2.24, 2.45) is 0 Å². The number of nitrogens with zero attached hydrogens (tertiary/aromatic N) is 1. The van der Waals surface area contributed by atoms with Gasteiger partial charge in [0.05, 0.1) is 12.0 Å². The van der Waals surface area contributed by atoms with Gasteiger partial charge < -0.3 is 10.0 Å². The summed E-state index contributed by atoms with van der Waals surface area (Å²) >= 11 is 0. The average Bonchev–Trinajstić information content (AvgIpc) is 3.05. The maximum atomic E-state index is 12.6. The molecule has 1 N–H and O–H groups in total. The predicted molar refractivity (Wildman–Crippen MR) is 69.1 cm³/mol. The van der Waals surface area contributed by atoms with Gasteiger partial charge in [0.25, 0.3) is 0 Å². The Labute approximate surface area is 107 Å².